The Bertz CT molecular complexity index is 1030. The van der Waals surface area contributed by atoms with E-state index in [1.807, 2.05) is 12.1 Å². The molecule has 1 aliphatic carbocycles. The number of fused-ring (bicyclic) bond motifs is 4. The van der Waals surface area contributed by atoms with Crippen molar-refractivity contribution >= 4 is 22.8 Å². The van der Waals surface area contributed by atoms with Gasteiger partial charge in [0.05, 0.1) is 20.8 Å². The maximum absolute atomic E-state index is 13.6. The maximum atomic E-state index is 13.6. The van der Waals surface area contributed by atoms with Crippen LogP contribution in [0.4, 0.5) is 0 Å². The van der Waals surface area contributed by atoms with E-state index >= 15 is 0 Å². The van der Waals surface area contributed by atoms with Crippen molar-refractivity contribution in [1.82, 2.24) is 9.88 Å². The predicted octanol–water partition coefficient (Wildman–Crippen LogP) is 2.81. The summed E-state index contributed by atoms with van der Waals surface area (Å²) in [5.41, 5.74) is 2.51. The number of rotatable bonds is 5. The third-order valence-electron chi connectivity index (χ3n) is 7.64. The summed E-state index contributed by atoms with van der Waals surface area (Å²) in [7, 11) is 3.17. The molecule has 7 nitrogen and oxygen atoms in total. The van der Waals surface area contributed by atoms with E-state index in [4.69, 9.17) is 14.2 Å². The second-order valence-electron chi connectivity index (χ2n) is 9.24. The standard InChI is InChI=1S/C24H30N2O5/c1-14(27)31-9-7-16-10-15-12-24(23(28)30-3)21-18(6-8-26(13-15)22(16)24)19-11-17(29-2)4-5-20(19)25-21/h4-5,11,15-16,22,25H,6-10,12-13H2,1-3H3/t15-,16?,22?,24?/m0/s1. The van der Waals surface area contributed by atoms with Gasteiger partial charge in [0.15, 0.2) is 0 Å². The number of hydrogen-bond donors (Lipinski definition) is 1. The largest absolute Gasteiger partial charge is 0.497 e. The molecule has 3 fully saturated rings. The molecule has 4 unspecified atom stereocenters. The summed E-state index contributed by atoms with van der Waals surface area (Å²) in [6, 6.07) is 6.09. The van der Waals surface area contributed by atoms with Gasteiger partial charge in [-0.25, -0.2) is 0 Å². The number of carbonyl (C=O) groups is 2. The quantitative estimate of drug-likeness (QED) is 0.741. The molecule has 5 atom stereocenters. The highest BCUT2D eigenvalue weighted by Crippen LogP contribution is 2.55. The van der Waals surface area contributed by atoms with Crippen molar-refractivity contribution in [3.63, 3.8) is 0 Å². The second kappa shape index (κ2) is 7.55. The molecule has 4 heterocycles. The Hall–Kier alpha value is -2.54. The van der Waals surface area contributed by atoms with Crippen LogP contribution in [0.5, 0.6) is 5.75 Å². The van der Waals surface area contributed by atoms with E-state index in [1.165, 1.54) is 19.6 Å². The molecule has 166 valence electrons. The fourth-order valence-corrected chi connectivity index (χ4v) is 6.66. The van der Waals surface area contributed by atoms with Crippen molar-refractivity contribution in [2.24, 2.45) is 11.8 Å². The van der Waals surface area contributed by atoms with E-state index in [2.05, 4.69) is 16.0 Å². The normalized spacial score (nSPS) is 31.1. The monoisotopic (exact) mass is 426 g/mol. The average Bonchev–Trinajstić information content (AvgIpc) is 3.10. The van der Waals surface area contributed by atoms with Crippen molar-refractivity contribution in [3.05, 3.63) is 29.5 Å². The molecule has 3 aliphatic heterocycles. The highest BCUT2D eigenvalue weighted by Gasteiger charge is 2.62. The predicted molar refractivity (Wildman–Crippen MR) is 115 cm³/mol. The lowest BCUT2D eigenvalue weighted by molar-refractivity contribution is -0.163. The number of esters is 2. The van der Waals surface area contributed by atoms with Crippen molar-refractivity contribution < 1.29 is 23.8 Å². The van der Waals surface area contributed by atoms with Gasteiger partial charge in [0.25, 0.3) is 0 Å². The zero-order chi connectivity index (χ0) is 21.8. The summed E-state index contributed by atoms with van der Waals surface area (Å²) >= 11 is 0. The fraction of sp³-hybridized carbons (Fsp3) is 0.583. The second-order valence-corrected chi connectivity index (χ2v) is 9.24. The van der Waals surface area contributed by atoms with Gasteiger partial charge in [-0.2, -0.15) is 0 Å². The van der Waals surface area contributed by atoms with E-state index in [0.29, 0.717) is 12.5 Å². The Balaban J connectivity index is 1.64. The first kappa shape index (κ1) is 20.4. The van der Waals surface area contributed by atoms with Crippen LogP contribution in [0.2, 0.25) is 0 Å². The molecular weight excluding hydrogens is 396 g/mol. The maximum Gasteiger partial charge on any atom is 0.319 e. The van der Waals surface area contributed by atoms with Crippen LogP contribution < -0.4 is 4.74 Å². The van der Waals surface area contributed by atoms with Gasteiger partial charge in [-0.05, 0) is 61.3 Å². The van der Waals surface area contributed by atoms with E-state index in [1.54, 1.807) is 7.11 Å². The molecule has 2 aromatic rings. The van der Waals surface area contributed by atoms with Gasteiger partial charge in [-0.3, -0.25) is 14.5 Å². The highest BCUT2D eigenvalue weighted by molar-refractivity contribution is 5.92. The summed E-state index contributed by atoms with van der Waals surface area (Å²) < 4.78 is 16.2. The lowest BCUT2D eigenvalue weighted by atomic mass is 9.56. The van der Waals surface area contributed by atoms with Crippen molar-refractivity contribution in [3.8, 4) is 5.75 Å². The van der Waals surface area contributed by atoms with Crippen molar-refractivity contribution in [2.75, 3.05) is 33.9 Å². The molecule has 0 spiro atoms. The van der Waals surface area contributed by atoms with Gasteiger partial charge in [0.1, 0.15) is 11.2 Å². The Morgan fingerprint density at radius 3 is 2.87 bits per heavy atom. The first-order valence-corrected chi connectivity index (χ1v) is 11.1. The number of nitrogens with zero attached hydrogens (tertiary/aromatic N) is 1. The van der Waals surface area contributed by atoms with Gasteiger partial charge in [0.2, 0.25) is 0 Å². The molecule has 6 rings (SSSR count). The fourth-order valence-electron chi connectivity index (χ4n) is 6.66. The molecule has 0 amide bonds. The summed E-state index contributed by atoms with van der Waals surface area (Å²) in [5.74, 6) is 1.09. The van der Waals surface area contributed by atoms with Crippen LogP contribution in [0.15, 0.2) is 18.2 Å². The van der Waals surface area contributed by atoms with Gasteiger partial charge >= 0.3 is 11.9 Å². The molecule has 7 heteroatoms. The van der Waals surface area contributed by atoms with E-state index in [9.17, 15) is 9.59 Å². The van der Waals surface area contributed by atoms with Crippen LogP contribution in [0.25, 0.3) is 10.9 Å². The molecule has 1 aromatic heterocycles. The number of H-pyrrole nitrogens is 1. The number of benzene rings is 1. The smallest absolute Gasteiger partial charge is 0.319 e. The molecule has 4 bridgehead atoms. The van der Waals surface area contributed by atoms with Gasteiger partial charge < -0.3 is 19.2 Å². The van der Waals surface area contributed by atoms with Crippen molar-refractivity contribution in [2.45, 2.75) is 44.1 Å². The molecule has 2 saturated heterocycles. The Morgan fingerprint density at radius 1 is 1.29 bits per heavy atom. The van der Waals surface area contributed by atoms with E-state index in [0.717, 1.165) is 61.1 Å². The third-order valence-corrected chi connectivity index (χ3v) is 7.64. The van der Waals surface area contributed by atoms with Crippen LogP contribution in [0.3, 0.4) is 0 Å². The number of aromatic amines is 1. The Labute approximate surface area is 182 Å². The number of hydrogen-bond acceptors (Lipinski definition) is 6. The Morgan fingerprint density at radius 2 is 2.13 bits per heavy atom. The van der Waals surface area contributed by atoms with Crippen LogP contribution in [-0.2, 0) is 30.9 Å². The number of nitrogens with one attached hydrogen (secondary N) is 1. The topological polar surface area (TPSA) is 80.9 Å². The molecule has 31 heavy (non-hydrogen) atoms. The number of carbonyl (C=O) groups excluding carboxylic acids is 2. The first-order valence-electron chi connectivity index (χ1n) is 11.1. The van der Waals surface area contributed by atoms with Crippen LogP contribution in [-0.4, -0.2) is 61.8 Å². The molecule has 1 saturated carbocycles. The molecular formula is C24H30N2O5. The number of aromatic nitrogens is 1. The van der Waals surface area contributed by atoms with Gasteiger partial charge in [-0.15, -0.1) is 0 Å². The average molecular weight is 427 g/mol. The minimum absolute atomic E-state index is 0.0386. The van der Waals surface area contributed by atoms with Crippen molar-refractivity contribution in [1.29, 1.82) is 0 Å². The summed E-state index contributed by atoms with van der Waals surface area (Å²) in [6.07, 6.45) is 3.49. The lowest BCUT2D eigenvalue weighted by Crippen LogP contribution is -2.67. The van der Waals surface area contributed by atoms with Crippen LogP contribution in [0.1, 0.15) is 37.4 Å². The summed E-state index contributed by atoms with van der Waals surface area (Å²) in [5, 5.41) is 1.12. The van der Waals surface area contributed by atoms with Gasteiger partial charge in [-0.1, -0.05) is 0 Å². The zero-order valence-corrected chi connectivity index (χ0v) is 18.4. The molecule has 1 N–H and O–H groups in total. The number of piperidine rings is 2. The van der Waals surface area contributed by atoms with E-state index in [-0.39, 0.29) is 23.9 Å². The SMILES string of the molecule is COC(=O)C12C[C@@H]3CC(CCOC(C)=O)C1N(CCc1c2[nH]c2ccc(OC)cc12)C3. The number of methoxy groups -OCH3 is 2. The van der Waals surface area contributed by atoms with Crippen LogP contribution >= 0.6 is 0 Å². The summed E-state index contributed by atoms with van der Waals surface area (Å²) in [4.78, 5) is 31.0. The number of ether oxygens (including phenoxy) is 3. The van der Waals surface area contributed by atoms with Gasteiger partial charge in [0, 0.05) is 42.7 Å². The summed E-state index contributed by atoms with van der Waals surface area (Å²) in [6.45, 7) is 3.75. The minimum atomic E-state index is -0.727. The first-order chi connectivity index (χ1) is 15.0. The van der Waals surface area contributed by atoms with E-state index < -0.39 is 5.41 Å². The Kier molecular flexibility index (Phi) is 4.96. The highest BCUT2D eigenvalue weighted by atomic mass is 16.5. The lowest BCUT2D eigenvalue weighted by Gasteiger charge is -2.57. The minimum Gasteiger partial charge on any atom is -0.497 e. The van der Waals surface area contributed by atoms with Crippen LogP contribution in [0, 0.1) is 11.8 Å². The molecule has 4 aliphatic rings. The molecule has 1 aromatic carbocycles. The third kappa shape index (κ3) is 3.04. The molecule has 0 radical (unpaired) electrons. The zero-order valence-electron chi connectivity index (χ0n) is 18.4.